The van der Waals surface area contributed by atoms with Crippen molar-refractivity contribution in [2.45, 2.75) is 51.0 Å². The Kier molecular flexibility index (Phi) is 2.69. The lowest BCUT2D eigenvalue weighted by atomic mass is 9.88. The van der Waals surface area contributed by atoms with E-state index < -0.39 is 0 Å². The van der Waals surface area contributed by atoms with Gasteiger partial charge < -0.3 is 10.6 Å². The Morgan fingerprint density at radius 3 is 2.71 bits per heavy atom. The fourth-order valence-corrected chi connectivity index (χ4v) is 3.07. The highest BCUT2D eigenvalue weighted by molar-refractivity contribution is 5.68. The van der Waals surface area contributed by atoms with Crippen molar-refractivity contribution < 1.29 is 0 Å². The number of nitrogens with zero attached hydrogens (tertiary/aromatic N) is 1. The highest BCUT2D eigenvalue weighted by Gasteiger charge is 2.34. The lowest BCUT2D eigenvalue weighted by molar-refractivity contribution is 0.421. The zero-order valence-electron chi connectivity index (χ0n) is 10.6. The molecular weight excluding hydrogens is 210 g/mol. The number of aryl methyl sites for hydroxylation is 1. The molecule has 1 fully saturated rings. The summed E-state index contributed by atoms with van der Waals surface area (Å²) in [6.07, 6.45) is 9.95. The highest BCUT2D eigenvalue weighted by atomic mass is 15.2. The van der Waals surface area contributed by atoms with Gasteiger partial charge in [0.25, 0.3) is 0 Å². The number of fused-ring (bicyclic) bond motifs is 1. The SMILES string of the molecule is Cc1cnc2c(c1)NCC1(CCCCCC1)N2. The van der Waals surface area contributed by atoms with Gasteiger partial charge in [-0.25, -0.2) is 4.98 Å². The maximum absolute atomic E-state index is 4.53. The maximum atomic E-state index is 4.53. The van der Waals surface area contributed by atoms with Crippen molar-refractivity contribution in [3.8, 4) is 0 Å². The van der Waals surface area contributed by atoms with Gasteiger partial charge in [0.05, 0.1) is 11.2 Å². The lowest BCUT2D eigenvalue weighted by Crippen LogP contribution is -2.47. The second-order valence-corrected chi connectivity index (χ2v) is 5.58. The smallest absolute Gasteiger partial charge is 0.149 e. The topological polar surface area (TPSA) is 37.0 Å². The summed E-state index contributed by atoms with van der Waals surface area (Å²) in [5.74, 6) is 1.05. The molecule has 2 aliphatic rings. The van der Waals surface area contributed by atoms with Crippen molar-refractivity contribution in [1.29, 1.82) is 0 Å². The fourth-order valence-electron chi connectivity index (χ4n) is 3.07. The van der Waals surface area contributed by atoms with Crippen molar-refractivity contribution in [2.24, 2.45) is 0 Å². The molecule has 0 saturated heterocycles. The van der Waals surface area contributed by atoms with Crippen LogP contribution >= 0.6 is 0 Å². The van der Waals surface area contributed by atoms with Gasteiger partial charge in [-0.3, -0.25) is 0 Å². The van der Waals surface area contributed by atoms with E-state index >= 15 is 0 Å². The van der Waals surface area contributed by atoms with Gasteiger partial charge in [0, 0.05) is 12.7 Å². The van der Waals surface area contributed by atoms with E-state index in [1.54, 1.807) is 0 Å². The summed E-state index contributed by atoms with van der Waals surface area (Å²) < 4.78 is 0. The fraction of sp³-hybridized carbons (Fsp3) is 0.643. The van der Waals surface area contributed by atoms with Crippen molar-refractivity contribution in [1.82, 2.24) is 4.98 Å². The minimum atomic E-state index is 0.256. The minimum absolute atomic E-state index is 0.256. The van der Waals surface area contributed by atoms with Gasteiger partial charge in [-0.2, -0.15) is 0 Å². The van der Waals surface area contributed by atoms with Gasteiger partial charge >= 0.3 is 0 Å². The summed E-state index contributed by atoms with van der Waals surface area (Å²) in [6.45, 7) is 3.14. The van der Waals surface area contributed by atoms with Crippen LogP contribution in [0.3, 0.4) is 0 Å². The Bertz CT molecular complexity index is 406. The van der Waals surface area contributed by atoms with E-state index in [0.29, 0.717) is 0 Å². The van der Waals surface area contributed by atoms with Crippen molar-refractivity contribution in [2.75, 3.05) is 17.2 Å². The average Bonchev–Trinajstić information content (AvgIpc) is 2.56. The van der Waals surface area contributed by atoms with Crippen LogP contribution in [0.15, 0.2) is 12.3 Å². The minimum Gasteiger partial charge on any atom is -0.380 e. The zero-order chi connectivity index (χ0) is 11.7. The van der Waals surface area contributed by atoms with E-state index in [2.05, 4.69) is 28.6 Å². The molecule has 2 heterocycles. The first kappa shape index (κ1) is 10.9. The quantitative estimate of drug-likeness (QED) is 0.719. The van der Waals surface area contributed by atoms with Gasteiger partial charge in [-0.05, 0) is 31.4 Å². The summed E-state index contributed by atoms with van der Waals surface area (Å²) in [5, 5.41) is 7.27. The normalized spacial score (nSPS) is 22.2. The number of aromatic nitrogens is 1. The molecule has 17 heavy (non-hydrogen) atoms. The second kappa shape index (κ2) is 4.21. The molecule has 0 unspecified atom stereocenters. The number of anilines is 2. The van der Waals surface area contributed by atoms with Gasteiger partial charge in [-0.15, -0.1) is 0 Å². The van der Waals surface area contributed by atoms with Crippen molar-refractivity contribution >= 4 is 11.5 Å². The molecule has 1 aliphatic carbocycles. The molecule has 1 aromatic rings. The molecule has 0 amide bonds. The first-order valence-electron chi connectivity index (χ1n) is 6.76. The summed E-state index contributed by atoms with van der Waals surface area (Å²) in [5.41, 5.74) is 2.64. The van der Waals surface area contributed by atoms with Gasteiger partial charge in [0.15, 0.2) is 0 Å². The van der Waals surface area contributed by atoms with E-state index in [4.69, 9.17) is 0 Å². The number of hydrogen-bond donors (Lipinski definition) is 2. The molecule has 1 spiro atoms. The molecule has 1 saturated carbocycles. The predicted octanol–water partition coefficient (Wildman–Crippen LogP) is 3.32. The second-order valence-electron chi connectivity index (χ2n) is 5.58. The average molecular weight is 231 g/mol. The van der Waals surface area contributed by atoms with Crippen LogP contribution in [0.25, 0.3) is 0 Å². The lowest BCUT2D eigenvalue weighted by Gasteiger charge is -2.39. The maximum Gasteiger partial charge on any atom is 0.149 e. The van der Waals surface area contributed by atoms with Crippen LogP contribution in [0.2, 0.25) is 0 Å². The Hall–Kier alpha value is -1.25. The van der Waals surface area contributed by atoms with Crippen LogP contribution in [-0.4, -0.2) is 17.1 Å². The van der Waals surface area contributed by atoms with Crippen molar-refractivity contribution in [3.05, 3.63) is 17.8 Å². The molecule has 0 bridgehead atoms. The molecule has 3 heteroatoms. The van der Waals surface area contributed by atoms with Crippen molar-refractivity contribution in [3.63, 3.8) is 0 Å². The number of hydrogen-bond acceptors (Lipinski definition) is 3. The van der Waals surface area contributed by atoms with Crippen LogP contribution in [0.1, 0.15) is 44.1 Å². The van der Waals surface area contributed by atoms with E-state index in [1.807, 2.05) is 6.20 Å². The van der Waals surface area contributed by atoms with Crippen LogP contribution in [0, 0.1) is 6.92 Å². The summed E-state index contributed by atoms with van der Waals surface area (Å²) in [7, 11) is 0. The molecule has 0 atom stereocenters. The Balaban J connectivity index is 1.85. The van der Waals surface area contributed by atoms with Crippen LogP contribution < -0.4 is 10.6 Å². The van der Waals surface area contributed by atoms with Crippen LogP contribution in [0.5, 0.6) is 0 Å². The Morgan fingerprint density at radius 2 is 1.94 bits per heavy atom. The first-order chi connectivity index (χ1) is 8.27. The molecule has 0 aromatic carbocycles. The van der Waals surface area contributed by atoms with E-state index in [-0.39, 0.29) is 5.54 Å². The molecule has 1 aromatic heterocycles. The third kappa shape index (κ3) is 2.11. The molecule has 0 radical (unpaired) electrons. The van der Waals surface area contributed by atoms with E-state index in [9.17, 15) is 0 Å². The molecular formula is C14H21N3. The van der Waals surface area contributed by atoms with Gasteiger partial charge in [-0.1, -0.05) is 25.7 Å². The molecule has 3 rings (SSSR count). The van der Waals surface area contributed by atoms with E-state index in [1.165, 1.54) is 49.8 Å². The summed E-state index contributed by atoms with van der Waals surface area (Å²) >= 11 is 0. The van der Waals surface area contributed by atoms with Crippen LogP contribution in [0.4, 0.5) is 11.5 Å². The Labute approximate surface area is 103 Å². The predicted molar refractivity (Wildman–Crippen MR) is 71.5 cm³/mol. The standard InChI is InChI=1S/C14H21N3/c1-11-8-12-13(15-9-11)17-14(10-16-12)6-4-2-3-5-7-14/h8-9,16H,2-7,10H2,1H3,(H,15,17). The molecule has 2 N–H and O–H groups in total. The molecule has 92 valence electrons. The third-order valence-corrected chi connectivity index (χ3v) is 4.09. The van der Waals surface area contributed by atoms with Crippen LogP contribution in [-0.2, 0) is 0 Å². The molecule has 3 nitrogen and oxygen atoms in total. The molecule has 1 aliphatic heterocycles. The first-order valence-corrected chi connectivity index (χ1v) is 6.76. The van der Waals surface area contributed by atoms with Gasteiger partial charge in [0.1, 0.15) is 5.82 Å². The monoisotopic (exact) mass is 231 g/mol. The number of rotatable bonds is 0. The van der Waals surface area contributed by atoms with Gasteiger partial charge in [0.2, 0.25) is 0 Å². The number of nitrogens with one attached hydrogen (secondary N) is 2. The zero-order valence-corrected chi connectivity index (χ0v) is 10.6. The van der Waals surface area contributed by atoms with E-state index in [0.717, 1.165) is 12.4 Å². The summed E-state index contributed by atoms with van der Waals surface area (Å²) in [4.78, 5) is 4.53. The third-order valence-electron chi connectivity index (χ3n) is 4.09. The number of pyridine rings is 1. The summed E-state index contributed by atoms with van der Waals surface area (Å²) in [6, 6.07) is 2.18. The largest absolute Gasteiger partial charge is 0.380 e. The highest BCUT2D eigenvalue weighted by Crippen LogP contribution is 2.36. The Morgan fingerprint density at radius 1 is 1.18 bits per heavy atom.